The number of fused-ring (bicyclic) bond motifs is 1. The fourth-order valence-electron chi connectivity index (χ4n) is 3.55. The molecule has 2 aliphatic rings. The normalized spacial score (nSPS) is 21.1. The van der Waals surface area contributed by atoms with E-state index in [1.54, 1.807) is 0 Å². The number of aliphatic hydroxyl groups excluding tert-OH is 1. The summed E-state index contributed by atoms with van der Waals surface area (Å²) in [5.41, 5.74) is 1.13. The van der Waals surface area contributed by atoms with Gasteiger partial charge in [0.15, 0.2) is 0 Å². The highest BCUT2D eigenvalue weighted by molar-refractivity contribution is 5.59. The monoisotopic (exact) mass is 275 g/mol. The number of aliphatic hydroxyl groups is 1. The van der Waals surface area contributed by atoms with Gasteiger partial charge in [0.2, 0.25) is 0 Å². The van der Waals surface area contributed by atoms with Crippen LogP contribution in [0.1, 0.15) is 38.5 Å². The van der Waals surface area contributed by atoms with Crippen molar-refractivity contribution in [2.45, 2.75) is 44.6 Å². The third kappa shape index (κ3) is 3.26. The minimum absolute atomic E-state index is 0.218. The summed E-state index contributed by atoms with van der Waals surface area (Å²) in [5.74, 6) is 1.70. The van der Waals surface area contributed by atoms with Gasteiger partial charge in [0, 0.05) is 13.1 Å². The van der Waals surface area contributed by atoms with Gasteiger partial charge in [0.1, 0.15) is 5.75 Å². The molecule has 0 spiro atoms. The van der Waals surface area contributed by atoms with Crippen LogP contribution in [0.5, 0.6) is 5.75 Å². The van der Waals surface area contributed by atoms with E-state index < -0.39 is 0 Å². The topological polar surface area (TPSA) is 32.7 Å². The fourth-order valence-corrected chi connectivity index (χ4v) is 3.55. The summed E-state index contributed by atoms with van der Waals surface area (Å²) in [6.07, 6.45) is 7.05. The first-order valence-electron chi connectivity index (χ1n) is 7.98. The van der Waals surface area contributed by atoms with Gasteiger partial charge >= 0.3 is 0 Å². The predicted octanol–water partition coefficient (Wildman–Crippen LogP) is 3.22. The average Bonchev–Trinajstić information content (AvgIpc) is 2.87. The molecule has 3 heteroatoms. The highest BCUT2D eigenvalue weighted by atomic mass is 16.5. The van der Waals surface area contributed by atoms with Gasteiger partial charge in [-0.2, -0.15) is 0 Å². The molecule has 1 saturated carbocycles. The maximum absolute atomic E-state index is 10.4. The average molecular weight is 275 g/mol. The van der Waals surface area contributed by atoms with Crippen LogP contribution in [0.3, 0.4) is 0 Å². The number of β-amino-alcohol motifs (C(OH)–C–C–N with tert-alkyl or cyclic N) is 1. The Balaban J connectivity index is 1.63. The lowest BCUT2D eigenvalue weighted by molar-refractivity contribution is 0.148. The van der Waals surface area contributed by atoms with E-state index >= 15 is 0 Å². The molecule has 1 aliphatic heterocycles. The smallest absolute Gasteiger partial charge is 0.142 e. The number of anilines is 1. The van der Waals surface area contributed by atoms with Crippen LogP contribution in [0.4, 0.5) is 5.69 Å². The molecule has 1 aliphatic carbocycles. The Labute approximate surface area is 121 Å². The lowest BCUT2D eigenvalue weighted by Gasteiger charge is -2.27. The Morgan fingerprint density at radius 3 is 2.85 bits per heavy atom. The van der Waals surface area contributed by atoms with Crippen molar-refractivity contribution in [3.8, 4) is 5.75 Å². The molecule has 0 radical (unpaired) electrons. The molecule has 1 unspecified atom stereocenters. The van der Waals surface area contributed by atoms with Crippen LogP contribution in [0.2, 0.25) is 0 Å². The highest BCUT2D eigenvalue weighted by Crippen LogP contribution is 2.32. The predicted molar refractivity (Wildman–Crippen MR) is 81.3 cm³/mol. The molecule has 3 rings (SSSR count). The summed E-state index contributed by atoms with van der Waals surface area (Å²) in [5, 5.41) is 10.4. The summed E-state index contributed by atoms with van der Waals surface area (Å²) in [7, 11) is 0. The molecule has 1 fully saturated rings. The Bertz CT molecular complexity index is 429. The van der Waals surface area contributed by atoms with Crippen molar-refractivity contribution in [3.63, 3.8) is 0 Å². The van der Waals surface area contributed by atoms with Gasteiger partial charge in [-0.3, -0.25) is 0 Å². The van der Waals surface area contributed by atoms with Crippen molar-refractivity contribution in [2.24, 2.45) is 5.92 Å². The summed E-state index contributed by atoms with van der Waals surface area (Å²) < 4.78 is 5.77. The number of para-hydroxylation sites is 2. The minimum Gasteiger partial charge on any atom is -0.491 e. The van der Waals surface area contributed by atoms with Crippen molar-refractivity contribution >= 4 is 5.69 Å². The molecule has 1 heterocycles. The van der Waals surface area contributed by atoms with Crippen LogP contribution in [0.15, 0.2) is 24.3 Å². The van der Waals surface area contributed by atoms with Crippen molar-refractivity contribution in [3.05, 3.63) is 24.3 Å². The molecule has 3 nitrogen and oxygen atoms in total. The Hall–Kier alpha value is -1.22. The highest BCUT2D eigenvalue weighted by Gasteiger charge is 2.22. The van der Waals surface area contributed by atoms with E-state index in [0.29, 0.717) is 0 Å². The molecule has 0 amide bonds. The summed E-state index contributed by atoms with van der Waals surface area (Å²) in [6, 6.07) is 8.18. The van der Waals surface area contributed by atoms with E-state index in [1.807, 2.05) is 18.2 Å². The molecule has 0 bridgehead atoms. The van der Waals surface area contributed by atoms with E-state index in [-0.39, 0.29) is 6.10 Å². The second-order valence-corrected chi connectivity index (χ2v) is 6.16. The van der Waals surface area contributed by atoms with Gasteiger partial charge in [0.05, 0.1) is 18.4 Å². The molecule has 0 aromatic heterocycles. The van der Waals surface area contributed by atoms with E-state index in [0.717, 1.165) is 49.9 Å². The fraction of sp³-hybridized carbons (Fsp3) is 0.647. The van der Waals surface area contributed by atoms with Crippen LogP contribution in [-0.4, -0.2) is 30.9 Å². The van der Waals surface area contributed by atoms with Crippen LogP contribution in [-0.2, 0) is 0 Å². The molecular formula is C17H25NO2. The van der Waals surface area contributed by atoms with Crippen LogP contribution < -0.4 is 9.64 Å². The largest absolute Gasteiger partial charge is 0.491 e. The third-order valence-corrected chi connectivity index (χ3v) is 4.55. The summed E-state index contributed by atoms with van der Waals surface area (Å²) in [6.45, 7) is 2.47. The SMILES string of the molecule is OC(CC1CCCC1)CN1CCCOc2ccccc21. The van der Waals surface area contributed by atoms with Crippen LogP contribution in [0, 0.1) is 5.92 Å². The first kappa shape index (κ1) is 13.7. The molecule has 1 N–H and O–H groups in total. The van der Waals surface area contributed by atoms with Crippen LogP contribution in [0.25, 0.3) is 0 Å². The molecular weight excluding hydrogens is 250 g/mol. The van der Waals surface area contributed by atoms with Gasteiger partial charge in [-0.1, -0.05) is 37.8 Å². The molecule has 1 aromatic carbocycles. The number of hydrogen-bond acceptors (Lipinski definition) is 3. The zero-order chi connectivity index (χ0) is 13.8. The molecule has 1 aromatic rings. The van der Waals surface area contributed by atoms with Crippen molar-refractivity contribution < 1.29 is 9.84 Å². The molecule has 110 valence electrons. The number of benzene rings is 1. The van der Waals surface area contributed by atoms with Crippen molar-refractivity contribution in [1.82, 2.24) is 0 Å². The Morgan fingerprint density at radius 2 is 2.00 bits per heavy atom. The second-order valence-electron chi connectivity index (χ2n) is 6.16. The molecule has 1 atom stereocenters. The number of rotatable bonds is 4. The van der Waals surface area contributed by atoms with E-state index in [4.69, 9.17) is 4.74 Å². The van der Waals surface area contributed by atoms with Gasteiger partial charge in [-0.25, -0.2) is 0 Å². The first-order chi connectivity index (χ1) is 9.83. The number of nitrogens with zero attached hydrogens (tertiary/aromatic N) is 1. The maximum atomic E-state index is 10.4. The lowest BCUT2D eigenvalue weighted by atomic mass is 9.99. The van der Waals surface area contributed by atoms with E-state index in [9.17, 15) is 5.11 Å². The van der Waals surface area contributed by atoms with Crippen molar-refractivity contribution in [1.29, 1.82) is 0 Å². The van der Waals surface area contributed by atoms with Gasteiger partial charge in [-0.05, 0) is 30.9 Å². The maximum Gasteiger partial charge on any atom is 0.142 e. The van der Waals surface area contributed by atoms with E-state index in [2.05, 4.69) is 11.0 Å². The summed E-state index contributed by atoms with van der Waals surface area (Å²) in [4.78, 5) is 2.29. The number of hydrogen-bond donors (Lipinski definition) is 1. The zero-order valence-corrected chi connectivity index (χ0v) is 12.1. The summed E-state index contributed by atoms with van der Waals surface area (Å²) >= 11 is 0. The van der Waals surface area contributed by atoms with Gasteiger partial charge < -0.3 is 14.7 Å². The molecule has 0 saturated heterocycles. The zero-order valence-electron chi connectivity index (χ0n) is 12.1. The first-order valence-corrected chi connectivity index (χ1v) is 7.98. The quantitative estimate of drug-likeness (QED) is 0.916. The Kier molecular flexibility index (Phi) is 4.46. The van der Waals surface area contributed by atoms with Gasteiger partial charge in [-0.15, -0.1) is 0 Å². The third-order valence-electron chi connectivity index (χ3n) is 4.55. The number of ether oxygens (including phenoxy) is 1. The standard InChI is InChI=1S/C17H25NO2/c19-15(12-14-6-1-2-7-14)13-18-10-5-11-20-17-9-4-3-8-16(17)18/h3-4,8-9,14-15,19H,1-2,5-7,10-13H2. The lowest BCUT2D eigenvalue weighted by Crippen LogP contribution is -2.33. The Morgan fingerprint density at radius 1 is 1.20 bits per heavy atom. The van der Waals surface area contributed by atoms with Crippen LogP contribution >= 0.6 is 0 Å². The van der Waals surface area contributed by atoms with Crippen molar-refractivity contribution in [2.75, 3.05) is 24.6 Å². The van der Waals surface area contributed by atoms with Gasteiger partial charge in [0.25, 0.3) is 0 Å². The second kappa shape index (κ2) is 6.49. The minimum atomic E-state index is -0.218. The molecule has 20 heavy (non-hydrogen) atoms. The van der Waals surface area contributed by atoms with E-state index in [1.165, 1.54) is 25.7 Å².